The molecule has 0 aliphatic heterocycles. The van der Waals surface area contributed by atoms with E-state index in [9.17, 15) is 4.79 Å². The molecule has 0 spiro atoms. The zero-order chi connectivity index (χ0) is 12.7. The van der Waals surface area contributed by atoms with E-state index in [1.165, 1.54) is 5.56 Å². The van der Waals surface area contributed by atoms with Gasteiger partial charge >= 0.3 is 0 Å². The summed E-state index contributed by atoms with van der Waals surface area (Å²) in [6, 6.07) is 6.05. The minimum atomic E-state index is -0.0169. The van der Waals surface area contributed by atoms with Crippen molar-refractivity contribution in [2.24, 2.45) is 0 Å². The van der Waals surface area contributed by atoms with Crippen LogP contribution in [0.2, 0.25) is 0 Å². The lowest BCUT2D eigenvalue weighted by atomic mass is 10.1. The largest absolute Gasteiger partial charge is 0.491 e. The standard InChI is InChI=1S/C13H20N2O2/c1-10-4-5-12(11(2)8-10)17-7-6-15-13(16)9-14-3/h4-5,8,14H,6-7,9H2,1-3H3,(H,15,16). The highest BCUT2D eigenvalue weighted by atomic mass is 16.5. The maximum absolute atomic E-state index is 11.1. The van der Waals surface area contributed by atoms with E-state index in [4.69, 9.17) is 4.74 Å². The number of nitrogens with one attached hydrogen (secondary N) is 2. The molecule has 1 aromatic carbocycles. The minimum Gasteiger partial charge on any atom is -0.491 e. The van der Waals surface area contributed by atoms with Crippen LogP contribution in [0.3, 0.4) is 0 Å². The number of carbonyl (C=O) groups is 1. The zero-order valence-corrected chi connectivity index (χ0v) is 10.7. The van der Waals surface area contributed by atoms with Crippen molar-refractivity contribution >= 4 is 5.91 Å². The van der Waals surface area contributed by atoms with Crippen LogP contribution in [-0.2, 0) is 4.79 Å². The van der Waals surface area contributed by atoms with Crippen molar-refractivity contribution in [2.45, 2.75) is 13.8 Å². The molecule has 0 atom stereocenters. The monoisotopic (exact) mass is 236 g/mol. The van der Waals surface area contributed by atoms with Gasteiger partial charge in [0.25, 0.3) is 0 Å². The van der Waals surface area contributed by atoms with Crippen LogP contribution in [0, 0.1) is 13.8 Å². The molecule has 0 saturated heterocycles. The Morgan fingerprint density at radius 2 is 2.12 bits per heavy atom. The molecule has 1 rings (SSSR count). The number of likely N-dealkylation sites (N-methyl/N-ethyl adjacent to an activating group) is 1. The van der Waals surface area contributed by atoms with Crippen LogP contribution in [0.1, 0.15) is 11.1 Å². The Hall–Kier alpha value is -1.55. The number of rotatable bonds is 6. The van der Waals surface area contributed by atoms with Gasteiger partial charge in [0.1, 0.15) is 12.4 Å². The topological polar surface area (TPSA) is 50.4 Å². The summed E-state index contributed by atoms with van der Waals surface area (Å²) in [5.74, 6) is 0.857. The summed E-state index contributed by atoms with van der Waals surface area (Å²) in [5, 5.41) is 5.55. The Balaban J connectivity index is 2.29. The third-order valence-corrected chi connectivity index (χ3v) is 2.35. The second kappa shape index (κ2) is 6.91. The van der Waals surface area contributed by atoms with Gasteiger partial charge in [-0.05, 0) is 32.5 Å². The van der Waals surface area contributed by atoms with Crippen molar-refractivity contribution in [1.82, 2.24) is 10.6 Å². The highest BCUT2D eigenvalue weighted by molar-refractivity contribution is 5.77. The molecule has 0 radical (unpaired) electrons. The van der Waals surface area contributed by atoms with Gasteiger partial charge < -0.3 is 15.4 Å². The zero-order valence-electron chi connectivity index (χ0n) is 10.7. The smallest absolute Gasteiger partial charge is 0.234 e. The van der Waals surface area contributed by atoms with Crippen LogP contribution < -0.4 is 15.4 Å². The van der Waals surface area contributed by atoms with Crippen LogP contribution >= 0.6 is 0 Å². The van der Waals surface area contributed by atoms with Crippen molar-refractivity contribution in [3.8, 4) is 5.75 Å². The third kappa shape index (κ3) is 4.87. The maximum atomic E-state index is 11.1. The molecule has 4 heteroatoms. The normalized spacial score (nSPS) is 10.1. The SMILES string of the molecule is CNCC(=O)NCCOc1ccc(C)cc1C. The van der Waals surface area contributed by atoms with Gasteiger partial charge in [0.05, 0.1) is 13.1 Å². The quantitative estimate of drug-likeness (QED) is 0.725. The molecule has 0 saturated carbocycles. The van der Waals surface area contributed by atoms with E-state index in [1.807, 2.05) is 19.1 Å². The second-order valence-corrected chi connectivity index (χ2v) is 4.00. The van der Waals surface area contributed by atoms with Gasteiger partial charge in [-0.15, -0.1) is 0 Å². The molecule has 1 aromatic rings. The van der Waals surface area contributed by atoms with E-state index >= 15 is 0 Å². The van der Waals surface area contributed by atoms with Crippen LogP contribution in [0.15, 0.2) is 18.2 Å². The van der Waals surface area contributed by atoms with Crippen LogP contribution in [-0.4, -0.2) is 32.7 Å². The van der Waals surface area contributed by atoms with Crippen LogP contribution in [0.25, 0.3) is 0 Å². The summed E-state index contributed by atoms with van der Waals surface area (Å²) in [6.07, 6.45) is 0. The van der Waals surface area contributed by atoms with Crippen molar-refractivity contribution < 1.29 is 9.53 Å². The number of aryl methyl sites for hydroxylation is 2. The number of ether oxygens (including phenoxy) is 1. The van der Waals surface area contributed by atoms with E-state index in [2.05, 4.69) is 23.6 Å². The highest BCUT2D eigenvalue weighted by Crippen LogP contribution is 2.18. The Labute approximate surface area is 102 Å². The van der Waals surface area contributed by atoms with Crippen LogP contribution in [0.5, 0.6) is 5.75 Å². The van der Waals surface area contributed by atoms with Crippen molar-refractivity contribution in [3.05, 3.63) is 29.3 Å². The molecular weight excluding hydrogens is 216 g/mol. The molecule has 0 bridgehead atoms. The molecule has 4 nitrogen and oxygen atoms in total. The molecule has 0 heterocycles. The van der Waals surface area contributed by atoms with E-state index in [-0.39, 0.29) is 5.91 Å². The van der Waals surface area contributed by atoms with Gasteiger partial charge in [0.2, 0.25) is 5.91 Å². The van der Waals surface area contributed by atoms with Gasteiger partial charge in [0, 0.05) is 0 Å². The molecule has 2 N–H and O–H groups in total. The molecular formula is C13H20N2O2. The first-order valence-electron chi connectivity index (χ1n) is 5.75. The fraction of sp³-hybridized carbons (Fsp3) is 0.462. The summed E-state index contributed by atoms with van der Waals surface area (Å²) < 4.78 is 5.59. The third-order valence-electron chi connectivity index (χ3n) is 2.35. The number of hydrogen-bond donors (Lipinski definition) is 2. The lowest BCUT2D eigenvalue weighted by Crippen LogP contribution is -2.34. The average molecular weight is 236 g/mol. The molecule has 94 valence electrons. The fourth-order valence-corrected chi connectivity index (χ4v) is 1.54. The maximum Gasteiger partial charge on any atom is 0.234 e. The molecule has 0 aliphatic rings. The van der Waals surface area contributed by atoms with Gasteiger partial charge in [-0.3, -0.25) is 4.79 Å². The summed E-state index contributed by atoms with van der Waals surface area (Å²) in [5.41, 5.74) is 2.34. The number of benzene rings is 1. The first kappa shape index (κ1) is 13.5. The van der Waals surface area contributed by atoms with E-state index in [0.717, 1.165) is 11.3 Å². The lowest BCUT2D eigenvalue weighted by molar-refractivity contribution is -0.120. The predicted molar refractivity (Wildman–Crippen MR) is 68.3 cm³/mol. The molecule has 0 aromatic heterocycles. The van der Waals surface area contributed by atoms with E-state index in [1.54, 1.807) is 7.05 Å². The number of carbonyl (C=O) groups excluding carboxylic acids is 1. The Kier molecular flexibility index (Phi) is 5.49. The van der Waals surface area contributed by atoms with Crippen LogP contribution in [0.4, 0.5) is 0 Å². The molecule has 0 fully saturated rings. The van der Waals surface area contributed by atoms with Gasteiger partial charge in [0.15, 0.2) is 0 Å². The fourth-order valence-electron chi connectivity index (χ4n) is 1.54. The predicted octanol–water partition coefficient (Wildman–Crippen LogP) is 1.02. The summed E-state index contributed by atoms with van der Waals surface area (Å²) in [6.45, 7) is 5.41. The van der Waals surface area contributed by atoms with Gasteiger partial charge in [-0.25, -0.2) is 0 Å². The summed E-state index contributed by atoms with van der Waals surface area (Å²) in [4.78, 5) is 11.1. The molecule has 0 unspecified atom stereocenters. The minimum absolute atomic E-state index is 0.0169. The molecule has 17 heavy (non-hydrogen) atoms. The first-order chi connectivity index (χ1) is 8.13. The Morgan fingerprint density at radius 3 is 2.76 bits per heavy atom. The molecule has 1 amide bonds. The highest BCUT2D eigenvalue weighted by Gasteiger charge is 2.00. The average Bonchev–Trinajstić information content (AvgIpc) is 2.27. The number of hydrogen-bond acceptors (Lipinski definition) is 3. The van der Waals surface area contributed by atoms with Crippen molar-refractivity contribution in [1.29, 1.82) is 0 Å². The Bertz CT molecular complexity index is 378. The second-order valence-electron chi connectivity index (χ2n) is 4.00. The van der Waals surface area contributed by atoms with E-state index < -0.39 is 0 Å². The Morgan fingerprint density at radius 1 is 1.35 bits per heavy atom. The number of amides is 1. The molecule has 0 aliphatic carbocycles. The summed E-state index contributed by atoms with van der Waals surface area (Å²) >= 11 is 0. The van der Waals surface area contributed by atoms with Crippen molar-refractivity contribution in [3.63, 3.8) is 0 Å². The van der Waals surface area contributed by atoms with Gasteiger partial charge in [-0.2, -0.15) is 0 Å². The van der Waals surface area contributed by atoms with Gasteiger partial charge in [-0.1, -0.05) is 17.7 Å². The van der Waals surface area contributed by atoms with E-state index in [0.29, 0.717) is 19.7 Å². The first-order valence-corrected chi connectivity index (χ1v) is 5.75. The van der Waals surface area contributed by atoms with Crippen molar-refractivity contribution in [2.75, 3.05) is 26.7 Å². The lowest BCUT2D eigenvalue weighted by Gasteiger charge is -2.10. The summed E-state index contributed by atoms with van der Waals surface area (Å²) in [7, 11) is 1.74.